The summed E-state index contributed by atoms with van der Waals surface area (Å²) >= 11 is 0. The summed E-state index contributed by atoms with van der Waals surface area (Å²) in [5.41, 5.74) is 0. The van der Waals surface area contributed by atoms with Crippen LogP contribution < -0.4 is 0 Å². The molecule has 0 bridgehead atoms. The molecule has 6 nitrogen and oxygen atoms in total. The molecular weight excluding hydrogens is 258 g/mol. The van der Waals surface area contributed by atoms with Crippen molar-refractivity contribution >= 4 is 0 Å². The van der Waals surface area contributed by atoms with Crippen LogP contribution in [0, 0.1) is 0 Å². The van der Waals surface area contributed by atoms with Crippen LogP contribution in [0.3, 0.4) is 0 Å². The molecule has 0 aliphatic heterocycles. The summed E-state index contributed by atoms with van der Waals surface area (Å²) < 4.78 is 10.2. The van der Waals surface area contributed by atoms with E-state index in [0.29, 0.717) is 37.5 Å². The molecular formula is C14H25N3O3. The first-order valence-electron chi connectivity index (χ1n) is 7.41. The maximum absolute atomic E-state index is 9.69. The zero-order valence-corrected chi connectivity index (χ0v) is 12.4. The molecule has 1 aromatic rings. The fourth-order valence-electron chi connectivity index (χ4n) is 2.84. The quantitative estimate of drug-likeness (QED) is 0.821. The molecule has 1 heterocycles. The van der Waals surface area contributed by atoms with Crippen LogP contribution in [-0.2, 0) is 17.9 Å². The number of methoxy groups -OCH3 is 1. The number of aliphatic hydroxyl groups excluding tert-OH is 1. The molecule has 0 spiro atoms. The summed E-state index contributed by atoms with van der Waals surface area (Å²) in [6, 6.07) is 0.510. The van der Waals surface area contributed by atoms with Gasteiger partial charge in [-0.15, -0.1) is 0 Å². The molecule has 1 N–H and O–H groups in total. The van der Waals surface area contributed by atoms with Gasteiger partial charge in [-0.1, -0.05) is 24.4 Å². The number of ether oxygens (including phenoxy) is 1. The second-order valence-electron chi connectivity index (χ2n) is 5.61. The average molecular weight is 283 g/mol. The van der Waals surface area contributed by atoms with E-state index in [9.17, 15) is 5.11 Å². The number of aromatic nitrogens is 2. The van der Waals surface area contributed by atoms with Crippen molar-refractivity contribution in [3.05, 3.63) is 11.7 Å². The molecule has 1 saturated carbocycles. The van der Waals surface area contributed by atoms with Crippen molar-refractivity contribution < 1.29 is 14.4 Å². The van der Waals surface area contributed by atoms with Gasteiger partial charge in [0.15, 0.2) is 5.82 Å². The standard InChI is InChI=1S/C14H25N3O3/c1-11(18)8-17(12-6-4-3-5-7-12)9-14-15-13(10-19-2)16-20-14/h11-12,18H,3-10H2,1-2H3. The smallest absolute Gasteiger partial charge is 0.240 e. The third-order valence-electron chi connectivity index (χ3n) is 3.71. The lowest BCUT2D eigenvalue weighted by Crippen LogP contribution is -2.40. The largest absolute Gasteiger partial charge is 0.392 e. The zero-order valence-electron chi connectivity index (χ0n) is 12.4. The summed E-state index contributed by atoms with van der Waals surface area (Å²) in [7, 11) is 1.61. The normalized spacial score (nSPS) is 18.6. The Bertz CT molecular complexity index is 389. The van der Waals surface area contributed by atoms with Crippen LogP contribution in [0.5, 0.6) is 0 Å². The summed E-state index contributed by atoms with van der Waals surface area (Å²) in [5, 5.41) is 13.6. The van der Waals surface area contributed by atoms with Crippen molar-refractivity contribution in [2.24, 2.45) is 0 Å². The van der Waals surface area contributed by atoms with Crippen molar-refractivity contribution in [3.63, 3.8) is 0 Å². The Morgan fingerprint density at radius 1 is 1.40 bits per heavy atom. The van der Waals surface area contributed by atoms with Crippen LogP contribution >= 0.6 is 0 Å². The predicted octanol–water partition coefficient (Wildman–Crippen LogP) is 1.73. The van der Waals surface area contributed by atoms with Gasteiger partial charge in [0.25, 0.3) is 0 Å². The van der Waals surface area contributed by atoms with E-state index in [2.05, 4.69) is 15.0 Å². The number of aliphatic hydroxyl groups is 1. The van der Waals surface area contributed by atoms with Crippen molar-refractivity contribution in [1.29, 1.82) is 0 Å². The molecule has 1 fully saturated rings. The van der Waals surface area contributed by atoms with E-state index in [1.807, 2.05) is 6.92 Å². The Kier molecular flexibility index (Phi) is 5.94. The molecule has 1 unspecified atom stereocenters. The monoisotopic (exact) mass is 283 g/mol. The molecule has 1 aliphatic rings. The molecule has 20 heavy (non-hydrogen) atoms. The lowest BCUT2D eigenvalue weighted by molar-refractivity contribution is 0.0688. The maximum Gasteiger partial charge on any atom is 0.240 e. The minimum Gasteiger partial charge on any atom is -0.392 e. The Morgan fingerprint density at radius 2 is 2.15 bits per heavy atom. The highest BCUT2D eigenvalue weighted by atomic mass is 16.5. The lowest BCUT2D eigenvalue weighted by atomic mass is 9.94. The van der Waals surface area contributed by atoms with Gasteiger partial charge in [-0.05, 0) is 19.8 Å². The fraction of sp³-hybridized carbons (Fsp3) is 0.857. The van der Waals surface area contributed by atoms with Gasteiger partial charge >= 0.3 is 0 Å². The first-order valence-corrected chi connectivity index (χ1v) is 7.41. The Balaban J connectivity index is 1.97. The first-order chi connectivity index (χ1) is 9.69. The van der Waals surface area contributed by atoms with Gasteiger partial charge in [0.1, 0.15) is 6.61 Å². The highest BCUT2D eigenvalue weighted by molar-refractivity contribution is 4.87. The average Bonchev–Trinajstić information content (AvgIpc) is 2.86. The van der Waals surface area contributed by atoms with E-state index in [-0.39, 0.29) is 6.10 Å². The number of hydrogen-bond donors (Lipinski definition) is 1. The Morgan fingerprint density at radius 3 is 2.80 bits per heavy atom. The van der Waals surface area contributed by atoms with Gasteiger partial charge in [-0.3, -0.25) is 4.90 Å². The van der Waals surface area contributed by atoms with E-state index >= 15 is 0 Å². The molecule has 6 heteroatoms. The second kappa shape index (κ2) is 7.71. The van der Waals surface area contributed by atoms with Crippen molar-refractivity contribution in [3.8, 4) is 0 Å². The van der Waals surface area contributed by atoms with Crippen LogP contribution in [0.2, 0.25) is 0 Å². The second-order valence-corrected chi connectivity index (χ2v) is 5.61. The molecule has 1 aromatic heterocycles. The minimum atomic E-state index is -0.349. The van der Waals surface area contributed by atoms with Crippen molar-refractivity contribution in [1.82, 2.24) is 15.0 Å². The molecule has 0 aromatic carbocycles. The predicted molar refractivity (Wildman–Crippen MR) is 74.0 cm³/mol. The topological polar surface area (TPSA) is 71.6 Å². The SMILES string of the molecule is COCc1noc(CN(CC(C)O)C2CCCCC2)n1. The molecule has 114 valence electrons. The third-order valence-corrected chi connectivity index (χ3v) is 3.71. The van der Waals surface area contributed by atoms with Crippen LogP contribution in [0.15, 0.2) is 4.52 Å². The van der Waals surface area contributed by atoms with E-state index < -0.39 is 0 Å². The summed E-state index contributed by atoms with van der Waals surface area (Å²) in [5.74, 6) is 1.17. The van der Waals surface area contributed by atoms with Crippen molar-refractivity contribution in [2.45, 2.75) is 64.3 Å². The van der Waals surface area contributed by atoms with Crippen molar-refractivity contribution in [2.75, 3.05) is 13.7 Å². The van der Waals surface area contributed by atoms with Crippen LogP contribution in [-0.4, -0.2) is 45.9 Å². The van der Waals surface area contributed by atoms with Gasteiger partial charge < -0.3 is 14.4 Å². The van der Waals surface area contributed by atoms with Gasteiger partial charge in [0, 0.05) is 19.7 Å². The maximum atomic E-state index is 9.69. The number of nitrogens with zero attached hydrogens (tertiary/aromatic N) is 3. The minimum absolute atomic E-state index is 0.349. The Hall–Kier alpha value is -0.980. The molecule has 0 radical (unpaired) electrons. The van der Waals surface area contributed by atoms with Gasteiger partial charge in [-0.25, -0.2) is 0 Å². The fourth-order valence-corrected chi connectivity index (χ4v) is 2.84. The molecule has 1 atom stereocenters. The third kappa shape index (κ3) is 4.54. The molecule has 1 aliphatic carbocycles. The lowest BCUT2D eigenvalue weighted by Gasteiger charge is -2.34. The first kappa shape index (κ1) is 15.4. The Labute approximate surface area is 120 Å². The molecule has 0 amide bonds. The highest BCUT2D eigenvalue weighted by Crippen LogP contribution is 2.24. The molecule has 2 rings (SSSR count). The number of hydrogen-bond acceptors (Lipinski definition) is 6. The summed E-state index contributed by atoms with van der Waals surface area (Å²) in [4.78, 5) is 6.59. The summed E-state index contributed by atoms with van der Waals surface area (Å²) in [6.07, 6.45) is 5.87. The number of rotatable bonds is 7. The van der Waals surface area contributed by atoms with Crippen LogP contribution in [0.4, 0.5) is 0 Å². The van der Waals surface area contributed by atoms with Gasteiger partial charge in [0.2, 0.25) is 5.89 Å². The molecule has 0 saturated heterocycles. The van der Waals surface area contributed by atoms with Gasteiger partial charge in [0.05, 0.1) is 12.6 Å². The van der Waals surface area contributed by atoms with E-state index in [4.69, 9.17) is 9.26 Å². The van der Waals surface area contributed by atoms with E-state index in [0.717, 1.165) is 0 Å². The van der Waals surface area contributed by atoms with Gasteiger partial charge in [-0.2, -0.15) is 4.98 Å². The van der Waals surface area contributed by atoms with Crippen LogP contribution in [0.1, 0.15) is 50.7 Å². The highest BCUT2D eigenvalue weighted by Gasteiger charge is 2.24. The van der Waals surface area contributed by atoms with E-state index in [1.165, 1.54) is 32.1 Å². The van der Waals surface area contributed by atoms with E-state index in [1.54, 1.807) is 7.11 Å². The zero-order chi connectivity index (χ0) is 14.4. The van der Waals surface area contributed by atoms with Crippen LogP contribution in [0.25, 0.3) is 0 Å². The summed E-state index contributed by atoms with van der Waals surface area (Å²) in [6.45, 7) is 3.43.